The van der Waals surface area contributed by atoms with Crippen LogP contribution in [0.25, 0.3) is 0 Å². The lowest BCUT2D eigenvalue weighted by Gasteiger charge is -2.41. The maximum absolute atomic E-state index is 12.8. The molecule has 2 nitrogen and oxygen atoms in total. The largest absolute Gasteiger partial charge is 0.370 e. The van der Waals surface area contributed by atoms with Crippen molar-refractivity contribution in [3.8, 4) is 6.07 Å². The van der Waals surface area contributed by atoms with Gasteiger partial charge in [0.2, 0.25) is 0 Å². The molecule has 0 spiro atoms. The Morgan fingerprint density at radius 2 is 2.00 bits per heavy atom. The number of hydrogen-bond acceptors (Lipinski definition) is 2. The summed E-state index contributed by atoms with van der Waals surface area (Å²) in [6.07, 6.45) is 0.989. The molecule has 1 saturated heterocycles. The molecule has 3 heteroatoms. The number of nitrogens with zero attached hydrogens (tertiary/aromatic N) is 2. The van der Waals surface area contributed by atoms with Crippen LogP contribution < -0.4 is 4.90 Å². The molecule has 1 aromatic rings. The summed E-state index contributed by atoms with van der Waals surface area (Å²) in [5.41, 5.74) is 1.08. The lowest BCUT2D eigenvalue weighted by molar-refractivity contribution is 0.217. The highest BCUT2D eigenvalue weighted by Crippen LogP contribution is 2.36. The predicted octanol–water partition coefficient (Wildman–Crippen LogP) is 3.20. The summed E-state index contributed by atoms with van der Waals surface area (Å²) in [5.74, 6) is -0.191. The van der Waals surface area contributed by atoms with Crippen molar-refractivity contribution in [1.82, 2.24) is 0 Å². The molecule has 1 fully saturated rings. The molecule has 1 unspecified atom stereocenters. The van der Waals surface area contributed by atoms with E-state index in [-0.39, 0.29) is 17.2 Å². The molecule has 2 rings (SSSR count). The van der Waals surface area contributed by atoms with Gasteiger partial charge in [-0.3, -0.25) is 0 Å². The Kier molecular flexibility index (Phi) is 3.06. The van der Waals surface area contributed by atoms with Crippen molar-refractivity contribution in [2.45, 2.75) is 20.3 Å². The zero-order valence-corrected chi connectivity index (χ0v) is 10.3. The van der Waals surface area contributed by atoms with Gasteiger partial charge in [-0.1, -0.05) is 13.8 Å². The molecule has 1 atom stereocenters. The Balaban J connectivity index is 2.15. The Hall–Kier alpha value is -1.56. The predicted molar refractivity (Wildman–Crippen MR) is 66.1 cm³/mol. The first kappa shape index (κ1) is 11.9. The van der Waals surface area contributed by atoms with Crippen LogP contribution in [0.1, 0.15) is 20.3 Å². The monoisotopic (exact) mass is 232 g/mol. The number of benzene rings is 1. The first-order valence-corrected chi connectivity index (χ1v) is 5.93. The summed E-state index contributed by atoms with van der Waals surface area (Å²) in [4.78, 5) is 2.17. The molecule has 0 radical (unpaired) electrons. The Labute approximate surface area is 102 Å². The van der Waals surface area contributed by atoms with E-state index in [1.165, 1.54) is 12.1 Å². The summed E-state index contributed by atoms with van der Waals surface area (Å²) in [6, 6.07) is 8.89. The fourth-order valence-electron chi connectivity index (χ4n) is 2.26. The van der Waals surface area contributed by atoms with Gasteiger partial charge in [0.25, 0.3) is 0 Å². The molecule has 0 aliphatic carbocycles. The maximum atomic E-state index is 12.8. The van der Waals surface area contributed by atoms with E-state index in [0.29, 0.717) is 0 Å². The third-order valence-corrected chi connectivity index (χ3v) is 3.72. The first-order valence-electron chi connectivity index (χ1n) is 5.93. The number of halogens is 1. The average molecular weight is 232 g/mol. The summed E-state index contributed by atoms with van der Waals surface area (Å²) in [6.45, 7) is 5.94. The molecule has 1 aliphatic rings. The number of nitriles is 1. The second kappa shape index (κ2) is 4.37. The molecule has 0 bridgehead atoms. The highest BCUT2D eigenvalue weighted by Gasteiger charge is 2.35. The van der Waals surface area contributed by atoms with E-state index in [1.54, 1.807) is 12.1 Å². The van der Waals surface area contributed by atoms with Crippen molar-refractivity contribution in [1.29, 1.82) is 5.26 Å². The topological polar surface area (TPSA) is 27.0 Å². The molecule has 0 amide bonds. The fraction of sp³-hybridized carbons (Fsp3) is 0.500. The van der Waals surface area contributed by atoms with Crippen molar-refractivity contribution in [2.24, 2.45) is 11.3 Å². The Morgan fingerprint density at radius 3 is 2.59 bits per heavy atom. The van der Waals surface area contributed by atoms with E-state index in [0.717, 1.165) is 25.2 Å². The first-order chi connectivity index (χ1) is 8.03. The minimum Gasteiger partial charge on any atom is -0.370 e. The summed E-state index contributed by atoms with van der Waals surface area (Å²) < 4.78 is 12.8. The molecule has 17 heavy (non-hydrogen) atoms. The van der Waals surface area contributed by atoms with Gasteiger partial charge >= 0.3 is 0 Å². The zero-order valence-electron chi connectivity index (χ0n) is 10.3. The number of piperidine rings is 1. The molecule has 90 valence electrons. The minimum atomic E-state index is -0.220. The van der Waals surface area contributed by atoms with Crippen LogP contribution in [0.15, 0.2) is 24.3 Å². The standard InChI is InChI=1S/C14H17FN2/c1-14(2)7-8-17(10-11(14)9-16)13-5-3-12(15)4-6-13/h3-6,11H,7-8,10H2,1-2H3. The van der Waals surface area contributed by atoms with E-state index in [4.69, 9.17) is 0 Å². The second-order valence-corrected chi connectivity index (χ2v) is 5.34. The molecular formula is C14H17FN2. The van der Waals surface area contributed by atoms with E-state index in [2.05, 4.69) is 24.8 Å². The summed E-state index contributed by atoms with van der Waals surface area (Å²) in [7, 11) is 0. The normalized spacial score (nSPS) is 23.2. The SMILES string of the molecule is CC1(C)CCN(c2ccc(F)cc2)CC1C#N. The van der Waals surface area contributed by atoms with Crippen molar-refractivity contribution in [2.75, 3.05) is 18.0 Å². The third kappa shape index (κ3) is 2.41. The van der Waals surface area contributed by atoms with E-state index < -0.39 is 0 Å². The fourth-order valence-corrected chi connectivity index (χ4v) is 2.26. The van der Waals surface area contributed by atoms with Gasteiger partial charge in [0.05, 0.1) is 12.0 Å². The van der Waals surface area contributed by atoms with Gasteiger partial charge in [-0.15, -0.1) is 0 Å². The Bertz CT molecular complexity index is 431. The highest BCUT2D eigenvalue weighted by atomic mass is 19.1. The molecule has 0 N–H and O–H groups in total. The van der Waals surface area contributed by atoms with Gasteiger partial charge in [-0.2, -0.15) is 5.26 Å². The smallest absolute Gasteiger partial charge is 0.123 e. The van der Waals surface area contributed by atoms with Crippen molar-refractivity contribution >= 4 is 5.69 Å². The van der Waals surface area contributed by atoms with Crippen LogP contribution in [0.3, 0.4) is 0 Å². The van der Waals surface area contributed by atoms with E-state index in [9.17, 15) is 9.65 Å². The van der Waals surface area contributed by atoms with Gasteiger partial charge in [0.1, 0.15) is 5.82 Å². The molecule has 0 aromatic heterocycles. The second-order valence-electron chi connectivity index (χ2n) is 5.34. The number of rotatable bonds is 1. The molecule has 1 aromatic carbocycles. The highest BCUT2D eigenvalue weighted by molar-refractivity contribution is 5.47. The van der Waals surface area contributed by atoms with Crippen molar-refractivity contribution < 1.29 is 4.39 Å². The van der Waals surface area contributed by atoms with Crippen LogP contribution in [-0.4, -0.2) is 13.1 Å². The lowest BCUT2D eigenvalue weighted by Crippen LogP contribution is -2.44. The van der Waals surface area contributed by atoms with E-state index >= 15 is 0 Å². The van der Waals surface area contributed by atoms with Crippen LogP contribution in [0.5, 0.6) is 0 Å². The Morgan fingerprint density at radius 1 is 1.35 bits per heavy atom. The number of hydrogen-bond donors (Lipinski definition) is 0. The van der Waals surface area contributed by atoms with Gasteiger partial charge in [0, 0.05) is 18.8 Å². The third-order valence-electron chi connectivity index (χ3n) is 3.72. The molecule has 0 saturated carbocycles. The summed E-state index contributed by atoms with van der Waals surface area (Å²) in [5, 5.41) is 9.20. The van der Waals surface area contributed by atoms with Crippen molar-refractivity contribution in [3.63, 3.8) is 0 Å². The molecular weight excluding hydrogens is 215 g/mol. The maximum Gasteiger partial charge on any atom is 0.123 e. The van der Waals surface area contributed by atoms with Crippen LogP contribution in [0.4, 0.5) is 10.1 Å². The van der Waals surface area contributed by atoms with Gasteiger partial charge in [-0.05, 0) is 36.1 Å². The van der Waals surface area contributed by atoms with Crippen LogP contribution in [0, 0.1) is 28.5 Å². The summed E-state index contributed by atoms with van der Waals surface area (Å²) >= 11 is 0. The van der Waals surface area contributed by atoms with Gasteiger partial charge in [-0.25, -0.2) is 4.39 Å². The quantitative estimate of drug-likeness (QED) is 0.743. The average Bonchev–Trinajstić information content (AvgIpc) is 2.30. The molecule has 1 heterocycles. The van der Waals surface area contributed by atoms with Crippen molar-refractivity contribution in [3.05, 3.63) is 30.1 Å². The van der Waals surface area contributed by atoms with Crippen LogP contribution in [0.2, 0.25) is 0 Å². The van der Waals surface area contributed by atoms with Crippen LogP contribution >= 0.6 is 0 Å². The minimum absolute atomic E-state index is 0.0290. The zero-order chi connectivity index (χ0) is 12.5. The number of anilines is 1. The lowest BCUT2D eigenvalue weighted by atomic mass is 9.74. The van der Waals surface area contributed by atoms with Crippen LogP contribution in [-0.2, 0) is 0 Å². The van der Waals surface area contributed by atoms with Gasteiger partial charge < -0.3 is 4.90 Å². The van der Waals surface area contributed by atoms with E-state index in [1.807, 2.05) is 0 Å². The van der Waals surface area contributed by atoms with Gasteiger partial charge in [0.15, 0.2) is 0 Å². The molecule has 1 aliphatic heterocycles.